The van der Waals surface area contributed by atoms with Crippen LogP contribution in [0.2, 0.25) is 0 Å². The summed E-state index contributed by atoms with van der Waals surface area (Å²) in [4.78, 5) is 0. The van der Waals surface area contributed by atoms with E-state index in [2.05, 4.69) is 0 Å². The van der Waals surface area contributed by atoms with E-state index in [0.717, 1.165) is 19.3 Å². The second kappa shape index (κ2) is 3.08. The highest BCUT2D eigenvalue weighted by Crippen LogP contribution is 2.13. The van der Waals surface area contributed by atoms with Crippen molar-refractivity contribution in [3.05, 3.63) is 0 Å². The van der Waals surface area contributed by atoms with Crippen molar-refractivity contribution in [3.8, 4) is 0 Å². The number of hydrogen-bond donors (Lipinski definition) is 0. The maximum absolute atomic E-state index is 11.2. The topological polar surface area (TPSA) is 23.1 Å². The molecule has 1 nitrogen and oxygen atoms in total. The summed E-state index contributed by atoms with van der Waals surface area (Å²) in [7, 11) is 0. The molecule has 0 amide bonds. The summed E-state index contributed by atoms with van der Waals surface area (Å²) in [5, 5.41) is 11.2. The van der Waals surface area contributed by atoms with Gasteiger partial charge in [-0.1, -0.05) is 40.0 Å². The summed E-state index contributed by atoms with van der Waals surface area (Å²) in [6.07, 6.45) is 2.29. The van der Waals surface area contributed by atoms with Crippen LogP contribution >= 0.6 is 0 Å². The Morgan fingerprint density at radius 3 is 1.25 bits per heavy atom. The van der Waals surface area contributed by atoms with Crippen molar-refractivity contribution >= 4 is 0 Å². The van der Waals surface area contributed by atoms with E-state index in [-0.39, 0.29) is 0 Å². The van der Waals surface area contributed by atoms with Crippen LogP contribution in [0.15, 0.2) is 0 Å². The fourth-order valence-electron chi connectivity index (χ4n) is 0.750. The summed E-state index contributed by atoms with van der Waals surface area (Å²) in [5.74, 6) is 0. The monoisotopic (exact) mass is 115 g/mol. The fraction of sp³-hybridized carbons (Fsp3) is 1.00. The van der Waals surface area contributed by atoms with E-state index in [4.69, 9.17) is 0 Å². The first-order chi connectivity index (χ1) is 3.68. The van der Waals surface area contributed by atoms with Crippen LogP contribution in [0.25, 0.3) is 0 Å². The van der Waals surface area contributed by atoms with Crippen LogP contribution in [-0.2, 0) is 0 Å². The Labute approximate surface area is 51.7 Å². The quantitative estimate of drug-likeness (QED) is 0.544. The molecule has 0 radical (unpaired) electrons. The van der Waals surface area contributed by atoms with E-state index in [1.807, 2.05) is 20.8 Å². The smallest absolute Gasteiger partial charge is 0.0659 e. The molecule has 0 N–H and O–H groups in total. The van der Waals surface area contributed by atoms with Gasteiger partial charge in [-0.3, -0.25) is 0 Å². The molecule has 0 unspecified atom stereocenters. The van der Waals surface area contributed by atoms with Crippen LogP contribution in [-0.4, -0.2) is 5.60 Å². The van der Waals surface area contributed by atoms with Crippen molar-refractivity contribution in [2.75, 3.05) is 0 Å². The normalized spacial score (nSPS) is 12.0. The largest absolute Gasteiger partial charge is 0.849 e. The predicted octanol–water partition coefficient (Wildman–Crippen LogP) is 1.32. The summed E-state index contributed by atoms with van der Waals surface area (Å²) in [6, 6.07) is 0. The maximum Gasteiger partial charge on any atom is -0.0659 e. The Kier molecular flexibility index (Phi) is 3.06. The van der Waals surface area contributed by atoms with E-state index >= 15 is 0 Å². The van der Waals surface area contributed by atoms with Gasteiger partial charge < -0.3 is 5.11 Å². The van der Waals surface area contributed by atoms with Gasteiger partial charge in [0.2, 0.25) is 0 Å². The van der Waals surface area contributed by atoms with Crippen molar-refractivity contribution in [2.45, 2.75) is 45.6 Å². The number of hydrogen-bond acceptors (Lipinski definition) is 1. The molecule has 0 aliphatic carbocycles. The minimum atomic E-state index is -0.625. The molecular weight excluding hydrogens is 100 g/mol. The lowest BCUT2D eigenvalue weighted by Crippen LogP contribution is -2.41. The third-order valence-corrected chi connectivity index (χ3v) is 1.93. The van der Waals surface area contributed by atoms with Crippen molar-refractivity contribution in [2.24, 2.45) is 0 Å². The standard InChI is InChI=1S/C7H15O/c1-4-7(8,5-2)6-3/h4-6H2,1-3H3/q-1. The highest BCUT2D eigenvalue weighted by atomic mass is 16.3. The molecule has 8 heavy (non-hydrogen) atoms. The van der Waals surface area contributed by atoms with Gasteiger partial charge in [0.15, 0.2) is 0 Å². The third-order valence-electron chi connectivity index (χ3n) is 1.93. The van der Waals surface area contributed by atoms with Gasteiger partial charge >= 0.3 is 0 Å². The molecular formula is C7H15O-. The predicted molar refractivity (Wildman–Crippen MR) is 33.6 cm³/mol. The summed E-state index contributed by atoms with van der Waals surface area (Å²) in [5.41, 5.74) is -0.625. The summed E-state index contributed by atoms with van der Waals surface area (Å²) < 4.78 is 0. The molecule has 0 aliphatic heterocycles. The molecule has 0 aromatic rings. The van der Waals surface area contributed by atoms with Crippen molar-refractivity contribution in [1.29, 1.82) is 0 Å². The third kappa shape index (κ3) is 1.83. The van der Waals surface area contributed by atoms with Gasteiger partial charge in [0, 0.05) is 0 Å². The second-order valence-corrected chi connectivity index (χ2v) is 2.24. The van der Waals surface area contributed by atoms with Crippen LogP contribution < -0.4 is 5.11 Å². The number of rotatable bonds is 3. The molecule has 0 saturated heterocycles. The van der Waals surface area contributed by atoms with Crippen LogP contribution in [0.1, 0.15) is 40.0 Å². The van der Waals surface area contributed by atoms with Gasteiger partial charge in [0.05, 0.1) is 0 Å². The van der Waals surface area contributed by atoms with Gasteiger partial charge in [-0.2, -0.15) is 0 Å². The van der Waals surface area contributed by atoms with Crippen LogP contribution in [0.5, 0.6) is 0 Å². The van der Waals surface area contributed by atoms with Gasteiger partial charge in [-0.15, -0.1) is 5.60 Å². The second-order valence-electron chi connectivity index (χ2n) is 2.24. The molecule has 0 rings (SSSR count). The van der Waals surface area contributed by atoms with Gasteiger partial charge in [-0.05, 0) is 0 Å². The molecule has 0 spiro atoms. The minimum absolute atomic E-state index is 0.625. The van der Waals surface area contributed by atoms with E-state index < -0.39 is 5.60 Å². The lowest BCUT2D eigenvalue weighted by Gasteiger charge is -2.37. The van der Waals surface area contributed by atoms with Gasteiger partial charge in [0.1, 0.15) is 0 Å². The van der Waals surface area contributed by atoms with Crippen LogP contribution in [0.3, 0.4) is 0 Å². The average molecular weight is 115 g/mol. The van der Waals surface area contributed by atoms with E-state index in [1.165, 1.54) is 0 Å². The highest BCUT2D eigenvalue weighted by Gasteiger charge is 2.06. The van der Waals surface area contributed by atoms with E-state index in [0.29, 0.717) is 0 Å². The first-order valence-electron chi connectivity index (χ1n) is 3.39. The molecule has 0 aromatic carbocycles. The Hall–Kier alpha value is -0.0400. The lowest BCUT2D eigenvalue weighted by atomic mass is 9.95. The molecule has 1 heteroatoms. The highest BCUT2D eigenvalue weighted by molar-refractivity contribution is 4.69. The summed E-state index contributed by atoms with van der Waals surface area (Å²) >= 11 is 0. The van der Waals surface area contributed by atoms with Crippen LogP contribution in [0, 0.1) is 0 Å². The Bertz CT molecular complexity index is 47.1. The molecule has 0 atom stereocenters. The molecule has 0 heterocycles. The van der Waals surface area contributed by atoms with Crippen molar-refractivity contribution in [3.63, 3.8) is 0 Å². The zero-order chi connectivity index (χ0) is 6.62. The zero-order valence-electron chi connectivity index (χ0n) is 6.03. The Morgan fingerprint density at radius 1 is 1.00 bits per heavy atom. The Balaban J connectivity index is 3.58. The van der Waals surface area contributed by atoms with Crippen LogP contribution in [0.4, 0.5) is 0 Å². The zero-order valence-corrected chi connectivity index (χ0v) is 6.03. The minimum Gasteiger partial charge on any atom is -0.849 e. The molecule has 0 bridgehead atoms. The molecule has 0 aliphatic rings. The average Bonchev–Trinajstić information content (AvgIpc) is 1.87. The maximum atomic E-state index is 11.2. The molecule has 0 saturated carbocycles. The fourth-order valence-corrected chi connectivity index (χ4v) is 0.750. The first kappa shape index (κ1) is 7.96. The van der Waals surface area contributed by atoms with E-state index in [9.17, 15) is 5.11 Å². The Morgan fingerprint density at radius 2 is 1.25 bits per heavy atom. The molecule has 0 aromatic heterocycles. The van der Waals surface area contributed by atoms with E-state index in [1.54, 1.807) is 0 Å². The molecule has 0 fully saturated rings. The lowest BCUT2D eigenvalue weighted by molar-refractivity contribution is -0.480. The molecule has 50 valence electrons. The van der Waals surface area contributed by atoms with Crippen molar-refractivity contribution in [1.82, 2.24) is 0 Å². The van der Waals surface area contributed by atoms with Crippen molar-refractivity contribution < 1.29 is 5.11 Å². The first-order valence-corrected chi connectivity index (χ1v) is 3.39. The summed E-state index contributed by atoms with van der Waals surface area (Å²) in [6.45, 7) is 5.88. The SMILES string of the molecule is CCC([O-])(CC)CC. The van der Waals surface area contributed by atoms with Gasteiger partial charge in [-0.25, -0.2) is 0 Å². The van der Waals surface area contributed by atoms with Gasteiger partial charge in [0.25, 0.3) is 0 Å².